The lowest BCUT2D eigenvalue weighted by molar-refractivity contribution is 0.583. The van der Waals surface area contributed by atoms with Gasteiger partial charge < -0.3 is 4.57 Å². The Morgan fingerprint density at radius 3 is 2.88 bits per heavy atom. The van der Waals surface area contributed by atoms with Crippen LogP contribution in [0.5, 0.6) is 0 Å². The van der Waals surface area contributed by atoms with Crippen molar-refractivity contribution < 1.29 is 4.39 Å². The van der Waals surface area contributed by atoms with Crippen LogP contribution in [0.3, 0.4) is 0 Å². The Labute approximate surface area is 92.9 Å². The van der Waals surface area contributed by atoms with E-state index in [4.69, 9.17) is 5.84 Å². The lowest BCUT2D eigenvalue weighted by Gasteiger charge is -2.16. The fourth-order valence-corrected chi connectivity index (χ4v) is 1.68. The smallest absolute Gasteiger partial charge is 0.123 e. The molecule has 0 amide bonds. The predicted molar refractivity (Wildman–Crippen MR) is 58.8 cm³/mol. The van der Waals surface area contributed by atoms with E-state index in [9.17, 15) is 4.39 Å². The number of hydrazine groups is 1. The van der Waals surface area contributed by atoms with Gasteiger partial charge >= 0.3 is 0 Å². The molecule has 1 aromatic heterocycles. The van der Waals surface area contributed by atoms with Crippen LogP contribution in [-0.4, -0.2) is 9.55 Å². The largest absolute Gasteiger partial charge is 0.336 e. The van der Waals surface area contributed by atoms with Crippen molar-refractivity contribution in [3.8, 4) is 0 Å². The highest BCUT2D eigenvalue weighted by Crippen LogP contribution is 2.20. The second-order valence-corrected chi connectivity index (χ2v) is 3.58. The van der Waals surface area contributed by atoms with Crippen LogP contribution in [-0.2, 0) is 7.05 Å². The van der Waals surface area contributed by atoms with Crippen LogP contribution in [0.25, 0.3) is 0 Å². The molecule has 0 saturated carbocycles. The summed E-state index contributed by atoms with van der Waals surface area (Å²) in [6, 6.07) is 6.08. The molecule has 0 radical (unpaired) electrons. The summed E-state index contributed by atoms with van der Waals surface area (Å²) in [5, 5.41) is 0. The van der Waals surface area contributed by atoms with Crippen molar-refractivity contribution in [1.82, 2.24) is 15.0 Å². The monoisotopic (exact) mass is 220 g/mol. The molecular formula is C11H13FN4. The Bertz CT molecular complexity index is 480. The van der Waals surface area contributed by atoms with Gasteiger partial charge in [0.15, 0.2) is 0 Å². The molecule has 1 heterocycles. The number of halogens is 1. The van der Waals surface area contributed by atoms with E-state index in [0.29, 0.717) is 0 Å². The quantitative estimate of drug-likeness (QED) is 0.602. The molecule has 1 unspecified atom stereocenters. The van der Waals surface area contributed by atoms with Crippen molar-refractivity contribution in [2.75, 3.05) is 0 Å². The van der Waals surface area contributed by atoms with Gasteiger partial charge in [0.25, 0.3) is 0 Å². The van der Waals surface area contributed by atoms with E-state index in [1.165, 1.54) is 12.1 Å². The molecule has 0 fully saturated rings. The van der Waals surface area contributed by atoms with Gasteiger partial charge in [-0.05, 0) is 17.7 Å². The van der Waals surface area contributed by atoms with Crippen LogP contribution in [0.1, 0.15) is 17.3 Å². The third-order valence-corrected chi connectivity index (χ3v) is 2.50. The van der Waals surface area contributed by atoms with E-state index >= 15 is 0 Å². The Morgan fingerprint density at radius 1 is 1.50 bits per heavy atom. The van der Waals surface area contributed by atoms with Crippen molar-refractivity contribution in [1.29, 1.82) is 0 Å². The number of hydrogen-bond donors (Lipinski definition) is 2. The van der Waals surface area contributed by atoms with E-state index in [2.05, 4.69) is 10.4 Å². The summed E-state index contributed by atoms with van der Waals surface area (Å²) in [6.07, 6.45) is 3.38. The Kier molecular flexibility index (Phi) is 2.98. The highest BCUT2D eigenvalue weighted by atomic mass is 19.1. The molecule has 1 aromatic carbocycles. The summed E-state index contributed by atoms with van der Waals surface area (Å²) in [5.41, 5.74) is 4.31. The van der Waals surface area contributed by atoms with Gasteiger partial charge in [-0.2, -0.15) is 0 Å². The molecule has 0 saturated heterocycles. The zero-order valence-corrected chi connectivity index (χ0v) is 8.89. The molecule has 0 aliphatic rings. The topological polar surface area (TPSA) is 55.9 Å². The third kappa shape index (κ3) is 1.95. The van der Waals surface area contributed by atoms with Gasteiger partial charge in [0.05, 0.1) is 24.3 Å². The van der Waals surface area contributed by atoms with Crippen LogP contribution >= 0.6 is 0 Å². The highest BCUT2D eigenvalue weighted by Gasteiger charge is 2.15. The maximum absolute atomic E-state index is 13.1. The van der Waals surface area contributed by atoms with E-state index in [1.807, 2.05) is 17.7 Å². The summed E-state index contributed by atoms with van der Waals surface area (Å²) in [7, 11) is 1.87. The van der Waals surface area contributed by atoms with Crippen LogP contribution in [0.4, 0.5) is 4.39 Å². The lowest BCUT2D eigenvalue weighted by atomic mass is 10.0. The minimum atomic E-state index is -0.278. The van der Waals surface area contributed by atoms with E-state index in [-0.39, 0.29) is 11.9 Å². The summed E-state index contributed by atoms with van der Waals surface area (Å²) < 4.78 is 15.0. The van der Waals surface area contributed by atoms with E-state index in [0.717, 1.165) is 11.3 Å². The number of nitrogens with zero attached hydrogens (tertiary/aromatic N) is 2. The highest BCUT2D eigenvalue weighted by molar-refractivity contribution is 5.27. The predicted octanol–water partition coefficient (Wildman–Crippen LogP) is 1.11. The summed E-state index contributed by atoms with van der Waals surface area (Å²) in [6.45, 7) is 0. The standard InChI is InChI=1S/C11H13FN4/c1-16-7-14-6-10(16)11(15-13)8-3-2-4-9(12)5-8/h2-7,11,15H,13H2,1H3. The minimum Gasteiger partial charge on any atom is -0.336 e. The molecule has 0 aliphatic heterocycles. The normalized spacial score (nSPS) is 12.7. The SMILES string of the molecule is Cn1cncc1C(NN)c1cccc(F)c1. The van der Waals surface area contributed by atoms with Crippen LogP contribution < -0.4 is 11.3 Å². The minimum absolute atomic E-state index is 0.261. The Hall–Kier alpha value is -1.72. The lowest BCUT2D eigenvalue weighted by Crippen LogP contribution is -2.30. The van der Waals surface area contributed by atoms with Gasteiger partial charge in [0.1, 0.15) is 5.82 Å². The average molecular weight is 220 g/mol. The number of nitrogens with one attached hydrogen (secondary N) is 1. The zero-order chi connectivity index (χ0) is 11.5. The van der Waals surface area contributed by atoms with Crippen molar-refractivity contribution in [2.24, 2.45) is 12.9 Å². The number of aryl methyl sites for hydroxylation is 1. The molecule has 0 spiro atoms. The Balaban J connectivity index is 2.40. The van der Waals surface area contributed by atoms with Crippen LogP contribution in [0.15, 0.2) is 36.8 Å². The first kappa shape index (κ1) is 10.8. The molecule has 84 valence electrons. The first-order valence-corrected chi connectivity index (χ1v) is 4.90. The second kappa shape index (κ2) is 4.42. The van der Waals surface area contributed by atoms with Gasteiger partial charge in [0, 0.05) is 7.05 Å². The molecule has 1 atom stereocenters. The van der Waals surface area contributed by atoms with Crippen molar-refractivity contribution >= 4 is 0 Å². The van der Waals surface area contributed by atoms with E-state index < -0.39 is 0 Å². The van der Waals surface area contributed by atoms with Gasteiger partial charge in [-0.25, -0.2) is 14.8 Å². The summed E-state index contributed by atoms with van der Waals surface area (Å²) >= 11 is 0. The number of hydrogen-bond acceptors (Lipinski definition) is 3. The molecule has 0 bridgehead atoms. The van der Waals surface area contributed by atoms with Gasteiger partial charge in [0.2, 0.25) is 0 Å². The summed E-state index contributed by atoms with van der Waals surface area (Å²) in [4.78, 5) is 4.01. The third-order valence-electron chi connectivity index (χ3n) is 2.50. The fraction of sp³-hybridized carbons (Fsp3) is 0.182. The van der Waals surface area contributed by atoms with Gasteiger partial charge in [-0.3, -0.25) is 5.84 Å². The van der Waals surface area contributed by atoms with E-state index in [1.54, 1.807) is 18.6 Å². The molecule has 4 nitrogen and oxygen atoms in total. The average Bonchev–Trinajstić information content (AvgIpc) is 2.67. The maximum atomic E-state index is 13.1. The fourth-order valence-electron chi connectivity index (χ4n) is 1.68. The maximum Gasteiger partial charge on any atom is 0.123 e. The molecular weight excluding hydrogens is 207 g/mol. The molecule has 5 heteroatoms. The van der Waals surface area contributed by atoms with Crippen molar-refractivity contribution in [3.63, 3.8) is 0 Å². The molecule has 2 rings (SSSR count). The molecule has 0 aliphatic carbocycles. The number of imidazole rings is 1. The van der Waals surface area contributed by atoms with Crippen molar-refractivity contribution in [3.05, 3.63) is 53.9 Å². The first-order valence-electron chi connectivity index (χ1n) is 4.90. The molecule has 3 N–H and O–H groups in total. The van der Waals surface area contributed by atoms with Gasteiger partial charge in [-0.15, -0.1) is 0 Å². The van der Waals surface area contributed by atoms with Crippen LogP contribution in [0.2, 0.25) is 0 Å². The van der Waals surface area contributed by atoms with Crippen LogP contribution in [0, 0.1) is 5.82 Å². The van der Waals surface area contributed by atoms with Gasteiger partial charge in [-0.1, -0.05) is 12.1 Å². The molecule has 2 aromatic rings. The zero-order valence-electron chi connectivity index (χ0n) is 8.89. The van der Waals surface area contributed by atoms with Crippen molar-refractivity contribution in [2.45, 2.75) is 6.04 Å². The Morgan fingerprint density at radius 2 is 2.31 bits per heavy atom. The number of nitrogens with two attached hydrogens (primary N) is 1. The number of aromatic nitrogens is 2. The number of rotatable bonds is 3. The number of benzene rings is 1. The second-order valence-electron chi connectivity index (χ2n) is 3.58. The molecule has 16 heavy (non-hydrogen) atoms. The summed E-state index contributed by atoms with van der Waals surface area (Å²) in [5.74, 6) is 5.22. The first-order chi connectivity index (χ1) is 7.72.